The van der Waals surface area contributed by atoms with E-state index in [0.717, 1.165) is 22.8 Å². The van der Waals surface area contributed by atoms with Gasteiger partial charge in [-0.15, -0.1) is 11.8 Å². The summed E-state index contributed by atoms with van der Waals surface area (Å²) in [7, 11) is 0. The highest BCUT2D eigenvalue weighted by molar-refractivity contribution is 7.99. The number of thioether (sulfide) groups is 1. The second-order valence-electron chi connectivity index (χ2n) is 5.86. The number of fused-ring (bicyclic) bond motifs is 1. The number of rotatable bonds is 7. The van der Waals surface area contributed by atoms with Gasteiger partial charge >= 0.3 is 0 Å². The van der Waals surface area contributed by atoms with Gasteiger partial charge < -0.3 is 14.4 Å². The van der Waals surface area contributed by atoms with Crippen LogP contribution in [0.2, 0.25) is 0 Å². The summed E-state index contributed by atoms with van der Waals surface area (Å²) in [6.45, 7) is 4.46. The molecule has 0 aromatic heterocycles. The van der Waals surface area contributed by atoms with E-state index < -0.39 is 0 Å². The Morgan fingerprint density at radius 2 is 1.80 bits per heavy atom. The number of hydrogen-bond acceptors (Lipinski definition) is 4. The Labute approximate surface area is 153 Å². The lowest BCUT2D eigenvalue weighted by Gasteiger charge is -2.23. The second-order valence-corrected chi connectivity index (χ2v) is 6.85. The summed E-state index contributed by atoms with van der Waals surface area (Å²) in [5.74, 6) is 3.06. The largest absolute Gasteiger partial charge is 0.486 e. The minimum atomic E-state index is 0.165. The van der Waals surface area contributed by atoms with E-state index in [4.69, 9.17) is 9.47 Å². The van der Waals surface area contributed by atoms with Crippen molar-refractivity contribution in [3.8, 4) is 11.5 Å². The lowest BCUT2D eigenvalue weighted by molar-refractivity contribution is -0.128. The standard InChI is InChI=1S/C20H23NO3S/c1-2-21(20(22)15-25-14-16-6-4-3-5-7-16)13-17-8-9-18-19(12-17)24-11-10-23-18/h3-9,12H,2,10-11,13-15H2,1H3. The average Bonchev–Trinajstić information content (AvgIpc) is 2.66. The topological polar surface area (TPSA) is 38.8 Å². The zero-order chi connectivity index (χ0) is 17.5. The third-order valence-electron chi connectivity index (χ3n) is 4.05. The fraction of sp³-hybridized carbons (Fsp3) is 0.350. The molecule has 3 rings (SSSR count). The first-order valence-corrected chi connectivity index (χ1v) is 9.69. The quantitative estimate of drug-likeness (QED) is 0.757. The van der Waals surface area contributed by atoms with Gasteiger partial charge in [0.15, 0.2) is 11.5 Å². The van der Waals surface area contributed by atoms with Crippen LogP contribution in [0.25, 0.3) is 0 Å². The van der Waals surface area contributed by atoms with Crippen molar-refractivity contribution < 1.29 is 14.3 Å². The van der Waals surface area contributed by atoms with E-state index in [-0.39, 0.29) is 5.91 Å². The third kappa shape index (κ3) is 4.92. The van der Waals surface area contributed by atoms with Crippen LogP contribution in [0, 0.1) is 0 Å². The molecule has 5 heteroatoms. The SMILES string of the molecule is CCN(Cc1ccc2c(c1)OCCO2)C(=O)CSCc1ccccc1. The Kier molecular flexibility index (Phi) is 6.23. The summed E-state index contributed by atoms with van der Waals surface area (Å²) in [5.41, 5.74) is 2.31. The van der Waals surface area contributed by atoms with Crippen molar-refractivity contribution in [3.05, 3.63) is 59.7 Å². The van der Waals surface area contributed by atoms with Gasteiger partial charge in [-0.3, -0.25) is 4.79 Å². The Balaban J connectivity index is 1.53. The molecule has 0 bridgehead atoms. The van der Waals surface area contributed by atoms with Crippen LogP contribution in [-0.2, 0) is 17.1 Å². The number of carbonyl (C=O) groups excluding carboxylic acids is 1. The highest BCUT2D eigenvalue weighted by Gasteiger charge is 2.15. The van der Waals surface area contributed by atoms with Gasteiger partial charge in [0.05, 0.1) is 5.75 Å². The number of hydrogen-bond donors (Lipinski definition) is 0. The summed E-state index contributed by atoms with van der Waals surface area (Å²) in [6.07, 6.45) is 0. The van der Waals surface area contributed by atoms with Crippen LogP contribution in [0.15, 0.2) is 48.5 Å². The molecule has 4 nitrogen and oxygen atoms in total. The number of benzene rings is 2. The van der Waals surface area contributed by atoms with Crippen molar-refractivity contribution in [2.24, 2.45) is 0 Å². The summed E-state index contributed by atoms with van der Waals surface area (Å²) in [5, 5.41) is 0. The summed E-state index contributed by atoms with van der Waals surface area (Å²) >= 11 is 1.66. The number of carbonyl (C=O) groups is 1. The number of ether oxygens (including phenoxy) is 2. The molecule has 2 aromatic carbocycles. The highest BCUT2D eigenvalue weighted by Crippen LogP contribution is 2.31. The minimum absolute atomic E-state index is 0.165. The second kappa shape index (κ2) is 8.81. The van der Waals surface area contributed by atoms with Crippen molar-refractivity contribution in [2.75, 3.05) is 25.5 Å². The van der Waals surface area contributed by atoms with Crippen molar-refractivity contribution in [1.82, 2.24) is 4.90 Å². The normalized spacial score (nSPS) is 12.7. The van der Waals surface area contributed by atoms with Gasteiger partial charge in [0, 0.05) is 18.8 Å². The van der Waals surface area contributed by atoms with E-state index in [0.29, 0.717) is 32.1 Å². The monoisotopic (exact) mass is 357 g/mol. The Hall–Kier alpha value is -2.14. The van der Waals surface area contributed by atoms with Gasteiger partial charge in [-0.25, -0.2) is 0 Å². The fourth-order valence-electron chi connectivity index (χ4n) is 2.70. The molecule has 0 fully saturated rings. The van der Waals surface area contributed by atoms with Crippen LogP contribution in [0.3, 0.4) is 0 Å². The first kappa shape index (κ1) is 17.7. The zero-order valence-corrected chi connectivity index (χ0v) is 15.3. The lowest BCUT2D eigenvalue weighted by Crippen LogP contribution is -2.31. The van der Waals surface area contributed by atoms with Gasteiger partial charge in [0.25, 0.3) is 0 Å². The molecule has 2 aromatic rings. The molecular weight excluding hydrogens is 334 g/mol. The lowest BCUT2D eigenvalue weighted by atomic mass is 10.2. The summed E-state index contributed by atoms with van der Waals surface area (Å²) in [4.78, 5) is 14.4. The molecule has 0 aliphatic carbocycles. The van der Waals surface area contributed by atoms with Gasteiger partial charge in [-0.05, 0) is 30.2 Å². The molecule has 1 heterocycles. The van der Waals surface area contributed by atoms with Crippen molar-refractivity contribution in [1.29, 1.82) is 0 Å². The number of nitrogens with zero attached hydrogens (tertiary/aromatic N) is 1. The van der Waals surface area contributed by atoms with E-state index in [2.05, 4.69) is 12.1 Å². The Morgan fingerprint density at radius 3 is 2.56 bits per heavy atom. The molecule has 1 amide bonds. The maximum absolute atomic E-state index is 12.5. The van der Waals surface area contributed by atoms with Gasteiger partial charge in [0.1, 0.15) is 13.2 Å². The van der Waals surface area contributed by atoms with Gasteiger partial charge in [0.2, 0.25) is 5.91 Å². The molecular formula is C20H23NO3S. The molecule has 0 saturated heterocycles. The van der Waals surface area contributed by atoms with Crippen LogP contribution < -0.4 is 9.47 Å². The van der Waals surface area contributed by atoms with Crippen LogP contribution in [0.1, 0.15) is 18.1 Å². The smallest absolute Gasteiger partial charge is 0.232 e. The van der Waals surface area contributed by atoms with Crippen LogP contribution in [0.4, 0.5) is 0 Å². The Morgan fingerprint density at radius 1 is 1.04 bits per heavy atom. The van der Waals surface area contributed by atoms with E-state index >= 15 is 0 Å². The molecule has 0 spiro atoms. The van der Waals surface area contributed by atoms with Crippen molar-refractivity contribution in [3.63, 3.8) is 0 Å². The highest BCUT2D eigenvalue weighted by atomic mass is 32.2. The average molecular weight is 357 g/mol. The molecule has 0 N–H and O–H groups in total. The number of amides is 1. The predicted octanol–water partition coefficient (Wildman–Crippen LogP) is 3.74. The van der Waals surface area contributed by atoms with Gasteiger partial charge in [-0.1, -0.05) is 36.4 Å². The van der Waals surface area contributed by atoms with Crippen LogP contribution >= 0.6 is 11.8 Å². The maximum Gasteiger partial charge on any atom is 0.232 e. The van der Waals surface area contributed by atoms with E-state index in [1.165, 1.54) is 5.56 Å². The first-order valence-electron chi connectivity index (χ1n) is 8.54. The maximum atomic E-state index is 12.5. The van der Waals surface area contributed by atoms with Crippen molar-refractivity contribution >= 4 is 17.7 Å². The molecule has 0 saturated carbocycles. The first-order chi connectivity index (χ1) is 12.3. The van der Waals surface area contributed by atoms with Crippen LogP contribution in [-0.4, -0.2) is 36.3 Å². The van der Waals surface area contributed by atoms with E-state index in [9.17, 15) is 4.79 Å². The summed E-state index contributed by atoms with van der Waals surface area (Å²) in [6, 6.07) is 16.1. The van der Waals surface area contributed by atoms with Crippen LogP contribution in [0.5, 0.6) is 11.5 Å². The van der Waals surface area contributed by atoms with Crippen molar-refractivity contribution in [2.45, 2.75) is 19.2 Å². The predicted molar refractivity (Wildman–Crippen MR) is 101 cm³/mol. The summed E-state index contributed by atoms with van der Waals surface area (Å²) < 4.78 is 11.2. The van der Waals surface area contributed by atoms with E-state index in [1.807, 2.05) is 48.2 Å². The molecule has 0 atom stereocenters. The molecule has 132 valence electrons. The zero-order valence-electron chi connectivity index (χ0n) is 14.4. The molecule has 0 unspecified atom stereocenters. The molecule has 0 radical (unpaired) electrons. The Bertz CT molecular complexity index is 705. The molecule has 1 aliphatic heterocycles. The molecule has 1 aliphatic rings. The third-order valence-corrected chi connectivity index (χ3v) is 5.04. The van der Waals surface area contributed by atoms with E-state index in [1.54, 1.807) is 11.8 Å². The van der Waals surface area contributed by atoms with Gasteiger partial charge in [-0.2, -0.15) is 0 Å². The fourth-order valence-corrected chi connectivity index (χ4v) is 3.59. The molecule has 25 heavy (non-hydrogen) atoms. The minimum Gasteiger partial charge on any atom is -0.486 e.